The average Bonchev–Trinajstić information content (AvgIpc) is 2.76. The van der Waals surface area contributed by atoms with Gasteiger partial charge in [-0.1, -0.05) is 6.07 Å². The van der Waals surface area contributed by atoms with Crippen molar-refractivity contribution in [3.63, 3.8) is 0 Å². The largest absolute Gasteiger partial charge is 0.374 e. The van der Waals surface area contributed by atoms with E-state index in [0.29, 0.717) is 5.88 Å². The number of benzene rings is 1. The minimum Gasteiger partial charge on any atom is -0.374 e. The van der Waals surface area contributed by atoms with Gasteiger partial charge in [-0.05, 0) is 31.7 Å². The van der Waals surface area contributed by atoms with Gasteiger partial charge in [0.05, 0.1) is 30.3 Å². The van der Waals surface area contributed by atoms with Crippen molar-refractivity contribution in [2.45, 2.75) is 26.0 Å². The fraction of sp³-hybridized carbons (Fsp3) is 0.562. The van der Waals surface area contributed by atoms with E-state index in [0.717, 1.165) is 44.0 Å². The van der Waals surface area contributed by atoms with E-state index < -0.39 is 0 Å². The number of nitrogens with zero attached hydrogens (tertiary/aromatic N) is 3. The first-order valence-electron chi connectivity index (χ1n) is 7.49. The van der Waals surface area contributed by atoms with Crippen LogP contribution < -0.4 is 0 Å². The predicted molar refractivity (Wildman–Crippen MR) is 86.1 cm³/mol. The van der Waals surface area contributed by atoms with Crippen molar-refractivity contribution in [3.05, 3.63) is 29.6 Å². The van der Waals surface area contributed by atoms with E-state index in [9.17, 15) is 0 Å². The zero-order chi connectivity index (χ0) is 14.8. The molecule has 1 unspecified atom stereocenters. The van der Waals surface area contributed by atoms with Gasteiger partial charge in [-0.2, -0.15) is 0 Å². The molecule has 0 aliphatic carbocycles. The van der Waals surface area contributed by atoms with E-state index in [1.54, 1.807) is 0 Å². The van der Waals surface area contributed by atoms with Gasteiger partial charge in [0.1, 0.15) is 5.82 Å². The molecule has 3 rings (SSSR count). The lowest BCUT2D eigenvalue weighted by Crippen LogP contribution is -2.42. The average molecular weight is 308 g/mol. The topological polar surface area (TPSA) is 30.3 Å². The van der Waals surface area contributed by atoms with Gasteiger partial charge >= 0.3 is 0 Å². The van der Waals surface area contributed by atoms with Crippen LogP contribution in [0.15, 0.2) is 18.2 Å². The van der Waals surface area contributed by atoms with Crippen LogP contribution in [0.25, 0.3) is 11.0 Å². The summed E-state index contributed by atoms with van der Waals surface area (Å²) >= 11 is 5.94. The van der Waals surface area contributed by atoms with Crippen molar-refractivity contribution < 1.29 is 4.74 Å². The third kappa shape index (κ3) is 3.23. The summed E-state index contributed by atoms with van der Waals surface area (Å²) in [6.45, 7) is 5.72. The molecule has 2 heterocycles. The number of morpholine rings is 1. The summed E-state index contributed by atoms with van der Waals surface area (Å²) in [5.74, 6) is 1.65. The minimum atomic E-state index is 0.219. The Balaban J connectivity index is 1.93. The van der Waals surface area contributed by atoms with Gasteiger partial charge in [0.2, 0.25) is 0 Å². The summed E-state index contributed by atoms with van der Waals surface area (Å²) in [5.41, 5.74) is 3.47. The van der Waals surface area contributed by atoms with Crippen molar-refractivity contribution in [2.75, 3.05) is 32.6 Å². The molecule has 1 saturated heterocycles. The van der Waals surface area contributed by atoms with E-state index >= 15 is 0 Å². The van der Waals surface area contributed by atoms with E-state index in [1.165, 1.54) is 11.1 Å². The third-order valence-electron chi connectivity index (χ3n) is 4.03. The Kier molecular flexibility index (Phi) is 4.48. The molecule has 2 aromatic rings. The number of hydrogen-bond acceptors (Lipinski definition) is 3. The van der Waals surface area contributed by atoms with E-state index in [2.05, 4.69) is 41.6 Å². The van der Waals surface area contributed by atoms with E-state index in [4.69, 9.17) is 21.3 Å². The van der Waals surface area contributed by atoms with Gasteiger partial charge in [-0.25, -0.2) is 4.98 Å². The number of imidazole rings is 1. The van der Waals surface area contributed by atoms with Crippen LogP contribution in [0, 0.1) is 6.92 Å². The molecule has 1 aliphatic heterocycles. The lowest BCUT2D eigenvalue weighted by Gasteiger charge is -2.30. The van der Waals surface area contributed by atoms with Gasteiger partial charge in [-0.3, -0.25) is 0 Å². The van der Waals surface area contributed by atoms with Crippen LogP contribution in [0.3, 0.4) is 0 Å². The Labute approximate surface area is 130 Å². The van der Waals surface area contributed by atoms with Crippen LogP contribution in [0.5, 0.6) is 0 Å². The second-order valence-electron chi connectivity index (χ2n) is 5.82. The molecule has 0 N–H and O–H groups in total. The number of rotatable bonds is 4. The Morgan fingerprint density at radius 2 is 2.29 bits per heavy atom. The third-order valence-corrected chi connectivity index (χ3v) is 4.22. The maximum atomic E-state index is 5.94. The smallest absolute Gasteiger partial charge is 0.111 e. The molecule has 1 aromatic heterocycles. The fourth-order valence-corrected chi connectivity index (χ4v) is 3.12. The highest BCUT2D eigenvalue weighted by molar-refractivity contribution is 6.17. The number of hydrogen-bond donors (Lipinski definition) is 0. The van der Waals surface area contributed by atoms with Gasteiger partial charge in [0.15, 0.2) is 0 Å². The Hall–Kier alpha value is -1.10. The number of halogens is 1. The first kappa shape index (κ1) is 14.8. The fourth-order valence-electron chi connectivity index (χ4n) is 2.95. The lowest BCUT2D eigenvalue weighted by molar-refractivity contribution is -0.0272. The molecular formula is C16H22ClN3O. The molecular weight excluding hydrogens is 286 g/mol. The zero-order valence-corrected chi connectivity index (χ0v) is 13.4. The number of ether oxygens (including phenoxy) is 1. The minimum absolute atomic E-state index is 0.219. The molecule has 1 aromatic carbocycles. The Morgan fingerprint density at radius 3 is 3.05 bits per heavy atom. The Bertz CT molecular complexity index is 625. The van der Waals surface area contributed by atoms with Crippen molar-refractivity contribution in [3.8, 4) is 0 Å². The monoisotopic (exact) mass is 307 g/mol. The van der Waals surface area contributed by atoms with Gasteiger partial charge in [0.25, 0.3) is 0 Å². The highest BCUT2D eigenvalue weighted by Gasteiger charge is 2.20. The van der Waals surface area contributed by atoms with Crippen molar-refractivity contribution in [1.29, 1.82) is 0 Å². The molecule has 21 heavy (non-hydrogen) atoms. The standard InChI is InChI=1S/C16H22ClN3O/c1-12-3-4-15-14(9-12)18-16(5-6-17)20(15)11-13-10-19(2)7-8-21-13/h3-4,9,13H,5-8,10-11H2,1-2H3. The van der Waals surface area contributed by atoms with Crippen LogP contribution in [0.2, 0.25) is 0 Å². The molecule has 0 amide bonds. The van der Waals surface area contributed by atoms with Gasteiger partial charge < -0.3 is 14.2 Å². The Morgan fingerprint density at radius 1 is 1.43 bits per heavy atom. The summed E-state index contributed by atoms with van der Waals surface area (Å²) in [6, 6.07) is 6.43. The molecule has 1 aliphatic rings. The summed E-state index contributed by atoms with van der Waals surface area (Å²) in [5, 5.41) is 0. The molecule has 0 radical (unpaired) electrons. The summed E-state index contributed by atoms with van der Waals surface area (Å²) in [4.78, 5) is 7.08. The number of aryl methyl sites for hydroxylation is 2. The maximum absolute atomic E-state index is 5.94. The molecule has 4 nitrogen and oxygen atoms in total. The quantitative estimate of drug-likeness (QED) is 0.813. The van der Waals surface area contributed by atoms with Crippen LogP contribution >= 0.6 is 11.6 Å². The first-order chi connectivity index (χ1) is 10.2. The van der Waals surface area contributed by atoms with E-state index in [-0.39, 0.29) is 6.10 Å². The highest BCUT2D eigenvalue weighted by atomic mass is 35.5. The van der Waals surface area contributed by atoms with Crippen molar-refractivity contribution >= 4 is 22.6 Å². The number of likely N-dealkylation sites (N-methyl/N-ethyl adjacent to an activating group) is 1. The second kappa shape index (κ2) is 6.34. The predicted octanol–water partition coefficient (Wildman–Crippen LogP) is 2.46. The van der Waals surface area contributed by atoms with Crippen LogP contribution in [-0.4, -0.2) is 53.2 Å². The van der Waals surface area contributed by atoms with Crippen LogP contribution in [0.4, 0.5) is 0 Å². The first-order valence-corrected chi connectivity index (χ1v) is 8.02. The van der Waals surface area contributed by atoms with Crippen LogP contribution in [-0.2, 0) is 17.7 Å². The molecule has 1 atom stereocenters. The summed E-state index contributed by atoms with van der Waals surface area (Å²) in [7, 11) is 2.14. The zero-order valence-electron chi connectivity index (χ0n) is 12.7. The van der Waals surface area contributed by atoms with Crippen molar-refractivity contribution in [1.82, 2.24) is 14.5 Å². The molecule has 5 heteroatoms. The van der Waals surface area contributed by atoms with Crippen molar-refractivity contribution in [2.24, 2.45) is 0 Å². The highest BCUT2D eigenvalue weighted by Crippen LogP contribution is 2.20. The van der Waals surface area contributed by atoms with Crippen LogP contribution in [0.1, 0.15) is 11.4 Å². The maximum Gasteiger partial charge on any atom is 0.111 e. The van der Waals surface area contributed by atoms with E-state index in [1.807, 2.05) is 0 Å². The molecule has 0 saturated carbocycles. The molecule has 1 fully saturated rings. The normalized spacial score (nSPS) is 20.2. The second-order valence-corrected chi connectivity index (χ2v) is 6.20. The number of aromatic nitrogens is 2. The summed E-state index contributed by atoms with van der Waals surface area (Å²) < 4.78 is 8.18. The number of fused-ring (bicyclic) bond motifs is 1. The SMILES string of the molecule is Cc1ccc2c(c1)nc(CCCl)n2CC1CN(C)CCO1. The summed E-state index contributed by atoms with van der Waals surface area (Å²) in [6.07, 6.45) is 1.01. The lowest BCUT2D eigenvalue weighted by atomic mass is 10.2. The molecule has 114 valence electrons. The molecule has 0 spiro atoms. The number of alkyl halides is 1. The van der Waals surface area contributed by atoms with Gasteiger partial charge in [-0.15, -0.1) is 11.6 Å². The molecule has 0 bridgehead atoms. The van der Waals surface area contributed by atoms with Gasteiger partial charge in [0, 0.05) is 25.4 Å².